The number of aryl methyl sites for hydroxylation is 2. The normalized spacial score (nSPS) is 19.8. The van der Waals surface area contributed by atoms with Crippen molar-refractivity contribution in [3.63, 3.8) is 0 Å². The fourth-order valence-corrected chi connectivity index (χ4v) is 3.63. The molecule has 2 amide bonds. The van der Waals surface area contributed by atoms with Gasteiger partial charge in [0.25, 0.3) is 5.91 Å². The van der Waals surface area contributed by atoms with Crippen LogP contribution in [0.2, 0.25) is 0 Å². The molecule has 2 aliphatic heterocycles. The highest BCUT2D eigenvalue weighted by molar-refractivity contribution is 6.00. The zero-order chi connectivity index (χ0) is 16.7. The van der Waals surface area contributed by atoms with E-state index in [0.29, 0.717) is 18.4 Å². The average Bonchev–Trinajstić information content (AvgIpc) is 2.89. The summed E-state index contributed by atoms with van der Waals surface area (Å²) in [5.74, 6) is -0.640. The molecular formula is C18H19N3O3. The summed E-state index contributed by atoms with van der Waals surface area (Å²) in [5.41, 5.74) is 1.90. The fraction of sp³-hybridized carbons (Fsp3) is 0.389. The summed E-state index contributed by atoms with van der Waals surface area (Å²) in [6.45, 7) is 1.40. The van der Waals surface area contributed by atoms with Gasteiger partial charge >= 0.3 is 0 Å². The van der Waals surface area contributed by atoms with Gasteiger partial charge in [-0.3, -0.25) is 14.4 Å². The van der Waals surface area contributed by atoms with Crippen LogP contribution in [-0.4, -0.2) is 29.0 Å². The van der Waals surface area contributed by atoms with Crippen LogP contribution in [-0.2, 0) is 17.8 Å². The molecule has 1 fully saturated rings. The van der Waals surface area contributed by atoms with E-state index in [-0.39, 0.29) is 16.9 Å². The SMILES string of the molecule is O=C(N[C@H]1CCCCNC1=O)c1cn2c3c(cccc3c1=O)CC2. The Kier molecular flexibility index (Phi) is 3.59. The second-order valence-electron chi connectivity index (χ2n) is 6.44. The van der Waals surface area contributed by atoms with Crippen LogP contribution in [0, 0.1) is 0 Å². The minimum atomic E-state index is -0.569. The highest BCUT2D eigenvalue weighted by atomic mass is 16.2. The lowest BCUT2D eigenvalue weighted by Crippen LogP contribution is -2.46. The first-order valence-electron chi connectivity index (χ1n) is 8.39. The van der Waals surface area contributed by atoms with Crippen molar-refractivity contribution in [2.45, 2.75) is 38.3 Å². The van der Waals surface area contributed by atoms with E-state index < -0.39 is 11.9 Å². The molecule has 0 radical (unpaired) electrons. The van der Waals surface area contributed by atoms with Gasteiger partial charge < -0.3 is 15.2 Å². The Morgan fingerprint density at radius 2 is 2.12 bits per heavy atom. The van der Waals surface area contributed by atoms with Gasteiger partial charge in [-0.05, 0) is 37.3 Å². The molecule has 2 aliphatic rings. The minimum Gasteiger partial charge on any atom is -0.354 e. The van der Waals surface area contributed by atoms with Crippen LogP contribution in [0.4, 0.5) is 0 Å². The highest BCUT2D eigenvalue weighted by Crippen LogP contribution is 2.23. The molecule has 1 aromatic carbocycles. The first kappa shape index (κ1) is 14.9. The molecule has 1 saturated heterocycles. The van der Waals surface area contributed by atoms with Crippen LogP contribution in [0.5, 0.6) is 0 Å². The summed E-state index contributed by atoms with van der Waals surface area (Å²) in [7, 11) is 0. The first-order valence-corrected chi connectivity index (χ1v) is 8.39. The first-order chi connectivity index (χ1) is 11.6. The van der Waals surface area contributed by atoms with E-state index in [0.717, 1.165) is 36.9 Å². The predicted octanol–water partition coefficient (Wildman–Crippen LogP) is 0.956. The number of para-hydroxylation sites is 1. The molecule has 124 valence electrons. The second-order valence-corrected chi connectivity index (χ2v) is 6.44. The van der Waals surface area contributed by atoms with Crippen molar-refractivity contribution in [3.8, 4) is 0 Å². The molecule has 2 N–H and O–H groups in total. The molecule has 4 rings (SSSR count). The third-order valence-corrected chi connectivity index (χ3v) is 4.89. The van der Waals surface area contributed by atoms with Crippen molar-refractivity contribution < 1.29 is 9.59 Å². The monoisotopic (exact) mass is 325 g/mol. The molecule has 0 bridgehead atoms. The molecule has 1 atom stereocenters. The molecule has 3 heterocycles. The van der Waals surface area contributed by atoms with Crippen LogP contribution in [0.25, 0.3) is 10.9 Å². The molecule has 6 nitrogen and oxygen atoms in total. The van der Waals surface area contributed by atoms with Crippen molar-refractivity contribution >= 4 is 22.7 Å². The summed E-state index contributed by atoms with van der Waals surface area (Å²) in [4.78, 5) is 37.3. The largest absolute Gasteiger partial charge is 0.354 e. The van der Waals surface area contributed by atoms with E-state index in [1.807, 2.05) is 16.7 Å². The van der Waals surface area contributed by atoms with E-state index >= 15 is 0 Å². The minimum absolute atomic E-state index is 0.110. The average molecular weight is 325 g/mol. The van der Waals surface area contributed by atoms with E-state index in [4.69, 9.17) is 0 Å². The smallest absolute Gasteiger partial charge is 0.257 e. The van der Waals surface area contributed by atoms with Gasteiger partial charge in [-0.2, -0.15) is 0 Å². The van der Waals surface area contributed by atoms with Gasteiger partial charge in [0.2, 0.25) is 11.3 Å². The Balaban J connectivity index is 1.70. The molecule has 2 aromatic rings. The quantitative estimate of drug-likeness (QED) is 0.863. The van der Waals surface area contributed by atoms with Crippen LogP contribution >= 0.6 is 0 Å². The number of benzene rings is 1. The van der Waals surface area contributed by atoms with E-state index in [1.165, 1.54) is 0 Å². The van der Waals surface area contributed by atoms with Gasteiger partial charge in [-0.1, -0.05) is 12.1 Å². The third-order valence-electron chi connectivity index (χ3n) is 4.89. The number of hydrogen-bond acceptors (Lipinski definition) is 3. The van der Waals surface area contributed by atoms with E-state index in [1.54, 1.807) is 12.3 Å². The van der Waals surface area contributed by atoms with Crippen molar-refractivity contribution in [1.29, 1.82) is 0 Å². The molecule has 0 aliphatic carbocycles. The summed E-state index contributed by atoms with van der Waals surface area (Å²) in [6.07, 6.45) is 4.88. The lowest BCUT2D eigenvalue weighted by atomic mass is 10.1. The number of amides is 2. The Morgan fingerprint density at radius 1 is 1.25 bits per heavy atom. The highest BCUT2D eigenvalue weighted by Gasteiger charge is 2.25. The number of rotatable bonds is 2. The van der Waals surface area contributed by atoms with Crippen molar-refractivity contribution in [3.05, 3.63) is 45.7 Å². The van der Waals surface area contributed by atoms with E-state index in [9.17, 15) is 14.4 Å². The van der Waals surface area contributed by atoms with Crippen molar-refractivity contribution in [2.24, 2.45) is 0 Å². The van der Waals surface area contributed by atoms with Crippen LogP contribution < -0.4 is 16.1 Å². The molecule has 0 unspecified atom stereocenters. The van der Waals surface area contributed by atoms with Gasteiger partial charge in [0, 0.05) is 24.7 Å². The number of carbonyl (C=O) groups excluding carboxylic acids is 2. The lowest BCUT2D eigenvalue weighted by molar-refractivity contribution is -0.122. The van der Waals surface area contributed by atoms with Gasteiger partial charge in [0.1, 0.15) is 11.6 Å². The van der Waals surface area contributed by atoms with Gasteiger partial charge in [-0.15, -0.1) is 0 Å². The fourth-order valence-electron chi connectivity index (χ4n) is 3.63. The molecule has 0 saturated carbocycles. The number of hydrogen-bond donors (Lipinski definition) is 2. The van der Waals surface area contributed by atoms with Crippen LogP contribution in [0.1, 0.15) is 35.2 Å². The van der Waals surface area contributed by atoms with Gasteiger partial charge in [0.05, 0.1) is 5.52 Å². The number of nitrogens with one attached hydrogen (secondary N) is 2. The zero-order valence-corrected chi connectivity index (χ0v) is 13.3. The summed E-state index contributed by atoms with van der Waals surface area (Å²) >= 11 is 0. The maximum absolute atomic E-state index is 12.7. The van der Waals surface area contributed by atoms with Crippen molar-refractivity contribution in [1.82, 2.24) is 15.2 Å². The summed E-state index contributed by atoms with van der Waals surface area (Å²) in [5, 5.41) is 6.10. The molecule has 1 aromatic heterocycles. The number of nitrogens with zero attached hydrogens (tertiary/aromatic N) is 1. The molecule has 0 spiro atoms. The third kappa shape index (κ3) is 2.38. The Bertz CT molecular complexity index is 900. The maximum atomic E-state index is 12.7. The van der Waals surface area contributed by atoms with Gasteiger partial charge in [0.15, 0.2) is 0 Å². The van der Waals surface area contributed by atoms with Crippen LogP contribution in [0.15, 0.2) is 29.2 Å². The van der Waals surface area contributed by atoms with Gasteiger partial charge in [-0.25, -0.2) is 0 Å². The van der Waals surface area contributed by atoms with Crippen LogP contribution in [0.3, 0.4) is 0 Å². The summed E-state index contributed by atoms with van der Waals surface area (Å²) < 4.78 is 1.97. The maximum Gasteiger partial charge on any atom is 0.257 e. The van der Waals surface area contributed by atoms with E-state index in [2.05, 4.69) is 10.6 Å². The predicted molar refractivity (Wildman–Crippen MR) is 90.0 cm³/mol. The topological polar surface area (TPSA) is 80.2 Å². The standard InChI is InChI=1S/C18H19N3O3/c22-16-12-5-3-4-11-7-9-21(15(11)12)10-13(16)17(23)20-14-6-1-2-8-19-18(14)24/h3-5,10,14H,1-2,6-9H2,(H,19,24)(H,20,23)/t14-/m0/s1. The molecule has 24 heavy (non-hydrogen) atoms. The number of aromatic nitrogens is 1. The lowest BCUT2D eigenvalue weighted by Gasteiger charge is -2.15. The molecule has 6 heteroatoms. The summed E-state index contributed by atoms with van der Waals surface area (Å²) in [6, 6.07) is 5.06. The zero-order valence-electron chi connectivity index (χ0n) is 13.3. The second kappa shape index (κ2) is 5.78. The molecular weight excluding hydrogens is 306 g/mol. The number of pyridine rings is 1. The van der Waals surface area contributed by atoms with Crippen molar-refractivity contribution in [2.75, 3.05) is 6.54 Å². The Morgan fingerprint density at radius 3 is 3.00 bits per heavy atom. The Labute approximate surface area is 138 Å². The Hall–Kier alpha value is -2.63. The number of carbonyl (C=O) groups is 2.